The predicted octanol–water partition coefficient (Wildman–Crippen LogP) is 4.62. The van der Waals surface area contributed by atoms with E-state index in [-0.39, 0.29) is 0 Å². The SMILES string of the molecule is CC(C)CC1CCCC(NC2CCC(C)C2C)C1. The molecule has 1 nitrogen and oxygen atoms in total. The summed E-state index contributed by atoms with van der Waals surface area (Å²) in [7, 11) is 0. The molecule has 18 heavy (non-hydrogen) atoms. The van der Waals surface area contributed by atoms with Gasteiger partial charge >= 0.3 is 0 Å². The van der Waals surface area contributed by atoms with Crippen LogP contribution >= 0.6 is 0 Å². The first-order valence-electron chi connectivity index (χ1n) is 8.32. The van der Waals surface area contributed by atoms with Crippen LogP contribution in [0, 0.1) is 23.7 Å². The zero-order chi connectivity index (χ0) is 13.1. The Labute approximate surface area is 114 Å². The lowest BCUT2D eigenvalue weighted by molar-refractivity contribution is 0.225. The molecule has 1 N–H and O–H groups in total. The standard InChI is InChI=1S/C17H33N/c1-12(2)10-15-6-5-7-16(11-15)18-17-9-8-13(3)14(17)4/h12-18H,5-11H2,1-4H3. The van der Waals surface area contributed by atoms with Crippen LogP contribution in [0.15, 0.2) is 0 Å². The molecule has 106 valence electrons. The molecule has 2 fully saturated rings. The van der Waals surface area contributed by atoms with Crippen molar-refractivity contribution >= 4 is 0 Å². The highest BCUT2D eigenvalue weighted by molar-refractivity contribution is 4.89. The van der Waals surface area contributed by atoms with Crippen molar-refractivity contribution < 1.29 is 0 Å². The van der Waals surface area contributed by atoms with Gasteiger partial charge in [-0.2, -0.15) is 0 Å². The summed E-state index contributed by atoms with van der Waals surface area (Å²) in [6, 6.07) is 1.63. The fourth-order valence-electron chi connectivity index (χ4n) is 4.23. The summed E-state index contributed by atoms with van der Waals surface area (Å²) in [5.41, 5.74) is 0. The molecule has 2 aliphatic carbocycles. The number of rotatable bonds is 4. The molecule has 0 spiro atoms. The predicted molar refractivity (Wildman–Crippen MR) is 79.7 cm³/mol. The molecule has 0 aliphatic heterocycles. The number of hydrogen-bond donors (Lipinski definition) is 1. The van der Waals surface area contributed by atoms with Crippen LogP contribution in [0.1, 0.15) is 72.6 Å². The highest BCUT2D eigenvalue weighted by Crippen LogP contribution is 2.34. The molecule has 2 rings (SSSR count). The van der Waals surface area contributed by atoms with Crippen LogP contribution in [-0.4, -0.2) is 12.1 Å². The molecule has 2 aliphatic rings. The average Bonchev–Trinajstić information content (AvgIpc) is 2.61. The van der Waals surface area contributed by atoms with Crippen molar-refractivity contribution in [1.29, 1.82) is 0 Å². The van der Waals surface area contributed by atoms with Crippen LogP contribution in [0.5, 0.6) is 0 Å². The van der Waals surface area contributed by atoms with Crippen molar-refractivity contribution in [3.8, 4) is 0 Å². The largest absolute Gasteiger partial charge is 0.311 e. The minimum atomic E-state index is 0.808. The highest BCUT2D eigenvalue weighted by Gasteiger charge is 2.32. The van der Waals surface area contributed by atoms with Gasteiger partial charge in [0.05, 0.1) is 0 Å². The summed E-state index contributed by atoms with van der Waals surface area (Å²) in [5, 5.41) is 4.00. The first-order valence-corrected chi connectivity index (χ1v) is 8.32. The van der Waals surface area contributed by atoms with E-state index in [4.69, 9.17) is 0 Å². The van der Waals surface area contributed by atoms with Crippen molar-refractivity contribution in [2.24, 2.45) is 23.7 Å². The Morgan fingerprint density at radius 1 is 1.06 bits per heavy atom. The second-order valence-electron chi connectivity index (χ2n) is 7.55. The molecule has 0 amide bonds. The summed E-state index contributed by atoms with van der Waals surface area (Å²) in [6.45, 7) is 9.62. The van der Waals surface area contributed by atoms with Gasteiger partial charge in [-0.1, -0.05) is 40.5 Å². The van der Waals surface area contributed by atoms with E-state index in [2.05, 4.69) is 33.0 Å². The monoisotopic (exact) mass is 251 g/mol. The Kier molecular flexibility index (Phi) is 5.12. The second-order valence-corrected chi connectivity index (χ2v) is 7.55. The van der Waals surface area contributed by atoms with Gasteiger partial charge in [-0.15, -0.1) is 0 Å². The normalized spacial score (nSPS) is 41.5. The van der Waals surface area contributed by atoms with Gasteiger partial charge in [0.25, 0.3) is 0 Å². The topological polar surface area (TPSA) is 12.0 Å². The van der Waals surface area contributed by atoms with Gasteiger partial charge in [-0.05, 0) is 55.8 Å². The third-order valence-corrected chi connectivity index (χ3v) is 5.50. The zero-order valence-electron chi connectivity index (χ0n) is 12.9. The second kappa shape index (κ2) is 6.41. The Hall–Kier alpha value is -0.0400. The Morgan fingerprint density at radius 2 is 1.83 bits per heavy atom. The average molecular weight is 251 g/mol. The van der Waals surface area contributed by atoms with Crippen molar-refractivity contribution in [2.75, 3.05) is 0 Å². The molecule has 0 heterocycles. The van der Waals surface area contributed by atoms with E-state index >= 15 is 0 Å². The summed E-state index contributed by atoms with van der Waals surface area (Å²) < 4.78 is 0. The van der Waals surface area contributed by atoms with Gasteiger partial charge in [0.2, 0.25) is 0 Å². The highest BCUT2D eigenvalue weighted by atomic mass is 15.0. The minimum Gasteiger partial charge on any atom is -0.311 e. The third kappa shape index (κ3) is 3.73. The first-order chi connectivity index (χ1) is 8.56. The molecule has 0 aromatic carbocycles. The van der Waals surface area contributed by atoms with Crippen LogP contribution in [0.3, 0.4) is 0 Å². The van der Waals surface area contributed by atoms with Gasteiger partial charge in [0.1, 0.15) is 0 Å². The molecule has 0 aromatic heterocycles. The molecule has 2 saturated carbocycles. The van der Waals surface area contributed by atoms with Crippen LogP contribution in [0.25, 0.3) is 0 Å². The zero-order valence-corrected chi connectivity index (χ0v) is 12.9. The number of nitrogens with one attached hydrogen (secondary N) is 1. The fraction of sp³-hybridized carbons (Fsp3) is 1.00. The lowest BCUT2D eigenvalue weighted by Gasteiger charge is -2.34. The van der Waals surface area contributed by atoms with E-state index in [0.717, 1.165) is 35.8 Å². The van der Waals surface area contributed by atoms with Gasteiger partial charge in [0, 0.05) is 12.1 Å². The Balaban J connectivity index is 1.79. The molecule has 0 bridgehead atoms. The maximum Gasteiger partial charge on any atom is 0.00979 e. The van der Waals surface area contributed by atoms with Crippen molar-refractivity contribution in [1.82, 2.24) is 5.32 Å². The molecule has 5 unspecified atom stereocenters. The lowest BCUT2D eigenvalue weighted by Crippen LogP contribution is -2.43. The Bertz CT molecular complexity index is 248. The maximum atomic E-state index is 4.00. The van der Waals surface area contributed by atoms with Gasteiger partial charge in [0.15, 0.2) is 0 Å². The van der Waals surface area contributed by atoms with Crippen LogP contribution < -0.4 is 5.32 Å². The molecule has 1 heteroatoms. The van der Waals surface area contributed by atoms with Crippen LogP contribution in [-0.2, 0) is 0 Å². The van der Waals surface area contributed by atoms with Gasteiger partial charge in [-0.25, -0.2) is 0 Å². The van der Waals surface area contributed by atoms with Gasteiger partial charge < -0.3 is 5.32 Å². The van der Waals surface area contributed by atoms with Crippen molar-refractivity contribution in [3.05, 3.63) is 0 Å². The molecule has 0 radical (unpaired) electrons. The summed E-state index contributed by atoms with van der Waals surface area (Å²) >= 11 is 0. The van der Waals surface area contributed by atoms with E-state index < -0.39 is 0 Å². The Morgan fingerprint density at radius 3 is 2.44 bits per heavy atom. The summed E-state index contributed by atoms with van der Waals surface area (Å²) in [4.78, 5) is 0. The summed E-state index contributed by atoms with van der Waals surface area (Å²) in [5.74, 6) is 3.68. The quantitative estimate of drug-likeness (QED) is 0.769. The fourth-order valence-corrected chi connectivity index (χ4v) is 4.23. The van der Waals surface area contributed by atoms with Crippen LogP contribution in [0.4, 0.5) is 0 Å². The van der Waals surface area contributed by atoms with Crippen LogP contribution in [0.2, 0.25) is 0 Å². The molecule has 0 saturated heterocycles. The minimum absolute atomic E-state index is 0.808. The molecular formula is C17H33N. The van der Waals surface area contributed by atoms with E-state index in [1.54, 1.807) is 0 Å². The maximum absolute atomic E-state index is 4.00. The third-order valence-electron chi connectivity index (χ3n) is 5.50. The number of hydrogen-bond acceptors (Lipinski definition) is 1. The summed E-state index contributed by atoms with van der Waals surface area (Å²) in [6.07, 6.45) is 10.1. The molecular weight excluding hydrogens is 218 g/mol. The molecule has 0 aromatic rings. The lowest BCUT2D eigenvalue weighted by atomic mass is 9.80. The van der Waals surface area contributed by atoms with E-state index in [9.17, 15) is 0 Å². The van der Waals surface area contributed by atoms with E-state index in [0.29, 0.717) is 0 Å². The van der Waals surface area contributed by atoms with Gasteiger partial charge in [-0.3, -0.25) is 0 Å². The molecule has 5 atom stereocenters. The smallest absolute Gasteiger partial charge is 0.00979 e. The van der Waals surface area contributed by atoms with E-state index in [1.807, 2.05) is 0 Å². The van der Waals surface area contributed by atoms with Crippen molar-refractivity contribution in [3.63, 3.8) is 0 Å². The van der Waals surface area contributed by atoms with Crippen molar-refractivity contribution in [2.45, 2.75) is 84.7 Å². The van der Waals surface area contributed by atoms with E-state index in [1.165, 1.54) is 44.9 Å². The first kappa shape index (κ1) is 14.4.